The minimum atomic E-state index is -0.967. The summed E-state index contributed by atoms with van der Waals surface area (Å²) in [6.07, 6.45) is 5.45. The number of rotatable bonds is 8. The standard InChI is InChI=1S/C25H26FNO5/c1-16-3-2-4-22(23(16)25(28)29)31-13-17-5-11-21(12-6-17)30-14-20-15-32-24(27-20)18-7-9-19(26)10-8-18/h2-4,7-10,15,17,21H,5-6,11-14H2,1H3,(H,28,29)/t17-,21-. The molecule has 0 amide bonds. The lowest BCUT2D eigenvalue weighted by atomic mass is 9.88. The highest BCUT2D eigenvalue weighted by atomic mass is 19.1. The Hall–Kier alpha value is -3.19. The van der Waals surface area contributed by atoms with E-state index in [0.717, 1.165) is 31.2 Å². The number of nitrogens with zero attached hydrogens (tertiary/aromatic N) is 1. The average molecular weight is 439 g/mol. The molecule has 1 aromatic heterocycles. The maximum absolute atomic E-state index is 13.1. The summed E-state index contributed by atoms with van der Waals surface area (Å²) in [5.74, 6) is -0.0222. The molecule has 1 saturated carbocycles. The van der Waals surface area contributed by atoms with Crippen molar-refractivity contribution in [2.24, 2.45) is 5.92 Å². The maximum atomic E-state index is 13.1. The zero-order valence-electron chi connectivity index (χ0n) is 17.9. The second kappa shape index (κ2) is 9.96. The fourth-order valence-corrected chi connectivity index (χ4v) is 4.01. The molecule has 0 unspecified atom stereocenters. The van der Waals surface area contributed by atoms with Crippen molar-refractivity contribution < 1.29 is 28.2 Å². The summed E-state index contributed by atoms with van der Waals surface area (Å²) in [4.78, 5) is 15.9. The second-order valence-electron chi connectivity index (χ2n) is 8.17. The van der Waals surface area contributed by atoms with Crippen molar-refractivity contribution in [3.05, 3.63) is 71.4 Å². The quantitative estimate of drug-likeness (QED) is 0.489. The van der Waals surface area contributed by atoms with Crippen LogP contribution in [0.1, 0.15) is 47.3 Å². The summed E-state index contributed by atoms with van der Waals surface area (Å²) >= 11 is 0. The number of carbonyl (C=O) groups is 1. The van der Waals surface area contributed by atoms with Gasteiger partial charge in [0.1, 0.15) is 29.1 Å². The maximum Gasteiger partial charge on any atom is 0.339 e. The Labute approximate surface area is 186 Å². The number of aromatic nitrogens is 1. The molecule has 3 aromatic rings. The Morgan fingerprint density at radius 3 is 2.62 bits per heavy atom. The van der Waals surface area contributed by atoms with E-state index in [1.54, 1.807) is 37.5 Å². The highest BCUT2D eigenvalue weighted by Crippen LogP contribution is 2.29. The van der Waals surface area contributed by atoms with Crippen LogP contribution < -0.4 is 4.74 Å². The zero-order chi connectivity index (χ0) is 22.5. The van der Waals surface area contributed by atoms with E-state index >= 15 is 0 Å². The largest absolute Gasteiger partial charge is 0.492 e. The molecule has 1 heterocycles. The van der Waals surface area contributed by atoms with Crippen molar-refractivity contribution in [3.63, 3.8) is 0 Å². The predicted molar refractivity (Wildman–Crippen MR) is 116 cm³/mol. The van der Waals surface area contributed by atoms with E-state index in [2.05, 4.69) is 4.98 Å². The number of hydrogen-bond donors (Lipinski definition) is 1. The van der Waals surface area contributed by atoms with Crippen molar-refractivity contribution in [1.29, 1.82) is 0 Å². The van der Waals surface area contributed by atoms with Crippen molar-refractivity contribution in [2.75, 3.05) is 6.61 Å². The Morgan fingerprint density at radius 1 is 1.16 bits per heavy atom. The Kier molecular flexibility index (Phi) is 6.85. The van der Waals surface area contributed by atoms with Crippen molar-refractivity contribution in [3.8, 4) is 17.2 Å². The third-order valence-corrected chi connectivity index (χ3v) is 5.83. The minimum absolute atomic E-state index is 0.144. The first-order chi connectivity index (χ1) is 15.5. The van der Waals surface area contributed by atoms with Gasteiger partial charge < -0.3 is 19.0 Å². The molecule has 2 aromatic carbocycles. The van der Waals surface area contributed by atoms with Crippen LogP contribution in [0.4, 0.5) is 4.39 Å². The van der Waals surface area contributed by atoms with E-state index in [1.165, 1.54) is 12.1 Å². The molecular weight excluding hydrogens is 413 g/mol. The lowest BCUT2D eigenvalue weighted by molar-refractivity contribution is 0.00106. The van der Waals surface area contributed by atoms with Crippen LogP contribution in [-0.4, -0.2) is 28.8 Å². The Morgan fingerprint density at radius 2 is 1.91 bits per heavy atom. The number of carboxylic acids is 1. The van der Waals surface area contributed by atoms with Gasteiger partial charge >= 0.3 is 5.97 Å². The molecule has 0 spiro atoms. The van der Waals surface area contributed by atoms with Crippen molar-refractivity contribution >= 4 is 5.97 Å². The average Bonchev–Trinajstić information content (AvgIpc) is 3.26. The van der Waals surface area contributed by atoms with E-state index in [4.69, 9.17) is 13.9 Å². The van der Waals surface area contributed by atoms with Crippen LogP contribution in [-0.2, 0) is 11.3 Å². The number of halogens is 1. The molecule has 0 atom stereocenters. The van der Waals surface area contributed by atoms with Gasteiger partial charge in [-0.15, -0.1) is 0 Å². The third kappa shape index (κ3) is 5.34. The normalized spacial score (nSPS) is 18.4. The van der Waals surface area contributed by atoms with Crippen LogP contribution in [0, 0.1) is 18.7 Å². The van der Waals surface area contributed by atoms with Crippen molar-refractivity contribution in [2.45, 2.75) is 45.3 Å². The van der Waals surface area contributed by atoms with Crippen molar-refractivity contribution in [1.82, 2.24) is 4.98 Å². The molecule has 0 bridgehead atoms. The van der Waals surface area contributed by atoms with E-state index in [9.17, 15) is 14.3 Å². The molecule has 32 heavy (non-hydrogen) atoms. The van der Waals surface area contributed by atoms with Crippen LogP contribution in [0.2, 0.25) is 0 Å². The number of aromatic carboxylic acids is 1. The van der Waals surface area contributed by atoms with Gasteiger partial charge in [-0.25, -0.2) is 14.2 Å². The molecule has 7 heteroatoms. The van der Waals surface area contributed by atoms with Gasteiger partial charge in [-0.05, 0) is 74.4 Å². The van der Waals surface area contributed by atoms with Gasteiger partial charge in [0, 0.05) is 5.56 Å². The summed E-state index contributed by atoms with van der Waals surface area (Å²) < 4.78 is 30.4. The van der Waals surface area contributed by atoms with E-state index < -0.39 is 5.97 Å². The van der Waals surface area contributed by atoms with Gasteiger partial charge in [0.2, 0.25) is 5.89 Å². The Bertz CT molecular complexity index is 1050. The number of aryl methyl sites for hydroxylation is 1. The summed E-state index contributed by atoms with van der Waals surface area (Å²) in [6, 6.07) is 11.3. The summed E-state index contributed by atoms with van der Waals surface area (Å²) in [5.41, 5.74) is 2.35. The third-order valence-electron chi connectivity index (χ3n) is 5.83. The number of hydrogen-bond acceptors (Lipinski definition) is 5. The molecule has 1 aliphatic rings. The first-order valence-electron chi connectivity index (χ1n) is 10.8. The highest BCUT2D eigenvalue weighted by molar-refractivity contribution is 5.92. The lowest BCUT2D eigenvalue weighted by Crippen LogP contribution is -2.25. The number of oxazole rings is 1. The van der Waals surface area contributed by atoms with Crippen LogP contribution in [0.3, 0.4) is 0 Å². The smallest absolute Gasteiger partial charge is 0.339 e. The number of ether oxygens (including phenoxy) is 2. The summed E-state index contributed by atoms with van der Waals surface area (Å²) in [7, 11) is 0. The minimum Gasteiger partial charge on any atom is -0.492 e. The number of benzene rings is 2. The van der Waals surface area contributed by atoms with Crippen LogP contribution in [0.25, 0.3) is 11.5 Å². The first-order valence-corrected chi connectivity index (χ1v) is 10.8. The molecule has 1 fully saturated rings. The van der Waals surface area contributed by atoms with E-state index in [0.29, 0.717) is 42.0 Å². The van der Waals surface area contributed by atoms with Gasteiger partial charge in [-0.2, -0.15) is 0 Å². The fraction of sp³-hybridized carbons (Fsp3) is 0.360. The molecule has 1 aliphatic carbocycles. The van der Waals surface area contributed by atoms with E-state index in [1.807, 2.05) is 6.07 Å². The summed E-state index contributed by atoms with van der Waals surface area (Å²) in [5, 5.41) is 9.43. The topological polar surface area (TPSA) is 81.8 Å². The molecule has 0 aliphatic heterocycles. The molecule has 168 valence electrons. The summed E-state index contributed by atoms with van der Waals surface area (Å²) in [6.45, 7) is 2.64. The lowest BCUT2D eigenvalue weighted by Gasteiger charge is -2.28. The second-order valence-corrected chi connectivity index (χ2v) is 8.17. The van der Waals surface area contributed by atoms with Gasteiger partial charge in [-0.1, -0.05) is 12.1 Å². The molecular formula is C25H26FNO5. The zero-order valence-corrected chi connectivity index (χ0v) is 17.9. The SMILES string of the molecule is Cc1cccc(OC[C@H]2CC[C@H](OCc3coc(-c4ccc(F)cc4)n3)CC2)c1C(=O)O. The van der Waals surface area contributed by atoms with Crippen LogP contribution >= 0.6 is 0 Å². The highest BCUT2D eigenvalue weighted by Gasteiger charge is 2.23. The molecule has 6 nitrogen and oxygen atoms in total. The number of carboxylic acid groups (broad SMARTS) is 1. The predicted octanol–water partition coefficient (Wildman–Crippen LogP) is 5.64. The molecule has 4 rings (SSSR count). The molecule has 0 radical (unpaired) electrons. The molecule has 1 N–H and O–H groups in total. The first kappa shape index (κ1) is 22.0. The van der Waals surface area contributed by atoms with Crippen LogP contribution in [0.15, 0.2) is 53.1 Å². The van der Waals surface area contributed by atoms with E-state index in [-0.39, 0.29) is 17.5 Å². The van der Waals surface area contributed by atoms with Gasteiger partial charge in [0.05, 0.1) is 19.3 Å². The fourth-order valence-electron chi connectivity index (χ4n) is 4.01. The van der Waals surface area contributed by atoms with Gasteiger partial charge in [0.25, 0.3) is 0 Å². The molecule has 0 saturated heterocycles. The Balaban J connectivity index is 1.23. The van der Waals surface area contributed by atoms with Gasteiger partial charge in [-0.3, -0.25) is 0 Å². The van der Waals surface area contributed by atoms with Crippen LogP contribution in [0.5, 0.6) is 5.75 Å². The van der Waals surface area contributed by atoms with Gasteiger partial charge in [0.15, 0.2) is 0 Å². The monoisotopic (exact) mass is 439 g/mol.